The van der Waals surface area contributed by atoms with Gasteiger partial charge in [-0.3, -0.25) is 0 Å². The lowest BCUT2D eigenvalue weighted by Crippen LogP contribution is -2.38. The summed E-state index contributed by atoms with van der Waals surface area (Å²) in [6.45, 7) is 8.66. The highest BCUT2D eigenvalue weighted by Gasteiger charge is 2.15. The molecule has 0 spiro atoms. The van der Waals surface area contributed by atoms with E-state index in [9.17, 15) is 0 Å². The predicted octanol–water partition coefficient (Wildman–Crippen LogP) is 1.77. The van der Waals surface area contributed by atoms with Crippen LogP contribution in [0.1, 0.15) is 44.3 Å². The number of ether oxygens (including phenoxy) is 2. The summed E-state index contributed by atoms with van der Waals surface area (Å²) >= 11 is 0. The maximum atomic E-state index is 5.78. The number of rotatable bonds is 10. The molecule has 1 unspecified atom stereocenters. The molecule has 0 bridgehead atoms. The van der Waals surface area contributed by atoms with E-state index in [0.717, 1.165) is 76.2 Å². The summed E-state index contributed by atoms with van der Waals surface area (Å²) in [5, 5.41) is 15.0. The average Bonchev–Trinajstić information content (AvgIpc) is 3.23. The van der Waals surface area contributed by atoms with Crippen molar-refractivity contribution < 1.29 is 9.47 Å². The largest absolute Gasteiger partial charge is 0.379 e. The molecule has 1 aromatic rings. The first kappa shape index (κ1) is 23.1. The van der Waals surface area contributed by atoms with Crippen molar-refractivity contribution in [2.45, 2.75) is 52.2 Å². The Morgan fingerprint density at radius 1 is 1.31 bits per heavy atom. The van der Waals surface area contributed by atoms with Gasteiger partial charge in [0.15, 0.2) is 11.8 Å². The number of halogens is 1. The van der Waals surface area contributed by atoms with Crippen LogP contribution in [-0.4, -0.2) is 59.7 Å². The molecule has 0 radical (unpaired) electrons. The Bertz CT molecular complexity index is 531. The number of aromatic nitrogens is 3. The molecule has 26 heavy (non-hydrogen) atoms. The van der Waals surface area contributed by atoms with Gasteiger partial charge in [-0.1, -0.05) is 13.3 Å². The van der Waals surface area contributed by atoms with Crippen molar-refractivity contribution in [3.63, 3.8) is 0 Å². The van der Waals surface area contributed by atoms with Crippen LogP contribution in [0.5, 0.6) is 0 Å². The number of hydrogen-bond donors (Lipinski definition) is 2. The van der Waals surface area contributed by atoms with E-state index in [1.54, 1.807) is 0 Å². The van der Waals surface area contributed by atoms with Gasteiger partial charge in [0.25, 0.3) is 0 Å². The standard InChI is InChI=1S/C17H32N6O2.HI/c1-4-5-8-18-17(20-12-16-22-21-14(2)23(16)3)19-9-6-10-25-15-7-11-24-13-15;/h15H,4-13H2,1-3H3,(H2,18,19,20);1H. The minimum atomic E-state index is 0. The van der Waals surface area contributed by atoms with Crippen molar-refractivity contribution in [3.8, 4) is 0 Å². The highest BCUT2D eigenvalue weighted by Crippen LogP contribution is 2.07. The van der Waals surface area contributed by atoms with E-state index >= 15 is 0 Å². The van der Waals surface area contributed by atoms with E-state index in [4.69, 9.17) is 9.47 Å². The molecule has 1 aliphatic heterocycles. The van der Waals surface area contributed by atoms with Gasteiger partial charge in [-0.15, -0.1) is 34.2 Å². The number of guanidine groups is 1. The fraction of sp³-hybridized carbons (Fsp3) is 0.824. The Kier molecular flexibility index (Phi) is 11.8. The predicted molar refractivity (Wildman–Crippen MR) is 113 cm³/mol. The molecule has 2 rings (SSSR count). The third-order valence-corrected chi connectivity index (χ3v) is 4.24. The quantitative estimate of drug-likeness (QED) is 0.230. The molecule has 1 aliphatic rings. The number of unbranched alkanes of at least 4 members (excludes halogenated alkanes) is 1. The molecule has 1 atom stereocenters. The lowest BCUT2D eigenvalue weighted by atomic mass is 10.3. The van der Waals surface area contributed by atoms with Crippen LogP contribution in [0, 0.1) is 6.92 Å². The van der Waals surface area contributed by atoms with Gasteiger partial charge in [0.05, 0.1) is 12.7 Å². The van der Waals surface area contributed by atoms with Crippen LogP contribution in [-0.2, 0) is 23.1 Å². The maximum absolute atomic E-state index is 5.78. The number of nitrogens with zero attached hydrogens (tertiary/aromatic N) is 4. The highest BCUT2D eigenvalue weighted by atomic mass is 127. The van der Waals surface area contributed by atoms with Crippen molar-refractivity contribution in [3.05, 3.63) is 11.6 Å². The first-order chi connectivity index (χ1) is 12.2. The molecular weight excluding hydrogens is 447 g/mol. The Balaban J connectivity index is 0.00000338. The maximum Gasteiger partial charge on any atom is 0.191 e. The molecule has 150 valence electrons. The summed E-state index contributed by atoms with van der Waals surface area (Å²) < 4.78 is 13.1. The first-order valence-electron chi connectivity index (χ1n) is 9.27. The molecule has 1 aromatic heterocycles. The highest BCUT2D eigenvalue weighted by molar-refractivity contribution is 14.0. The van der Waals surface area contributed by atoms with Crippen LogP contribution in [0.15, 0.2) is 4.99 Å². The molecule has 1 fully saturated rings. The third-order valence-electron chi connectivity index (χ3n) is 4.24. The number of nitrogens with one attached hydrogen (secondary N) is 2. The van der Waals surface area contributed by atoms with E-state index in [0.29, 0.717) is 6.54 Å². The van der Waals surface area contributed by atoms with Gasteiger partial charge in [0, 0.05) is 33.4 Å². The normalized spacial score (nSPS) is 17.2. The van der Waals surface area contributed by atoms with E-state index in [2.05, 4.69) is 32.7 Å². The molecule has 0 saturated carbocycles. The van der Waals surface area contributed by atoms with Crippen molar-refractivity contribution in [1.29, 1.82) is 0 Å². The summed E-state index contributed by atoms with van der Waals surface area (Å²) in [6, 6.07) is 0. The SMILES string of the molecule is CCCCNC(=NCc1nnc(C)n1C)NCCCOC1CCOC1.I. The van der Waals surface area contributed by atoms with Crippen molar-refractivity contribution in [2.24, 2.45) is 12.0 Å². The molecule has 2 heterocycles. The van der Waals surface area contributed by atoms with Gasteiger partial charge in [-0.05, 0) is 26.2 Å². The Morgan fingerprint density at radius 3 is 2.69 bits per heavy atom. The van der Waals surface area contributed by atoms with Gasteiger partial charge in [-0.25, -0.2) is 4.99 Å². The van der Waals surface area contributed by atoms with Gasteiger partial charge >= 0.3 is 0 Å². The van der Waals surface area contributed by atoms with Gasteiger partial charge in [0.1, 0.15) is 12.4 Å². The zero-order valence-electron chi connectivity index (χ0n) is 16.2. The smallest absolute Gasteiger partial charge is 0.191 e. The summed E-state index contributed by atoms with van der Waals surface area (Å²) in [4.78, 5) is 4.63. The Labute approximate surface area is 173 Å². The fourth-order valence-corrected chi connectivity index (χ4v) is 2.47. The summed E-state index contributed by atoms with van der Waals surface area (Å²) in [7, 11) is 1.96. The molecule has 1 saturated heterocycles. The molecular formula is C17H33IN6O2. The summed E-state index contributed by atoms with van der Waals surface area (Å²) in [6.07, 6.45) is 4.49. The van der Waals surface area contributed by atoms with E-state index in [1.165, 1.54) is 0 Å². The second-order valence-electron chi connectivity index (χ2n) is 6.30. The topological polar surface area (TPSA) is 85.6 Å². The third kappa shape index (κ3) is 8.17. The molecule has 0 amide bonds. The fourth-order valence-electron chi connectivity index (χ4n) is 2.47. The van der Waals surface area contributed by atoms with Crippen LogP contribution in [0.25, 0.3) is 0 Å². The van der Waals surface area contributed by atoms with Crippen molar-refractivity contribution in [2.75, 3.05) is 32.9 Å². The monoisotopic (exact) mass is 480 g/mol. The van der Waals surface area contributed by atoms with E-state index < -0.39 is 0 Å². The lowest BCUT2D eigenvalue weighted by Gasteiger charge is -2.13. The molecule has 0 aliphatic carbocycles. The van der Waals surface area contributed by atoms with Crippen LogP contribution in [0.3, 0.4) is 0 Å². The Hall–Kier alpha value is -0.940. The van der Waals surface area contributed by atoms with E-state index in [1.807, 2.05) is 18.5 Å². The average molecular weight is 480 g/mol. The van der Waals surface area contributed by atoms with Gasteiger partial charge in [-0.2, -0.15) is 0 Å². The lowest BCUT2D eigenvalue weighted by molar-refractivity contribution is 0.0420. The number of aryl methyl sites for hydroxylation is 1. The number of hydrogen-bond acceptors (Lipinski definition) is 5. The first-order valence-corrected chi connectivity index (χ1v) is 9.27. The molecule has 0 aromatic carbocycles. The minimum Gasteiger partial charge on any atom is -0.379 e. The van der Waals surface area contributed by atoms with Crippen molar-refractivity contribution in [1.82, 2.24) is 25.4 Å². The number of aliphatic imine (C=N–C) groups is 1. The molecule has 8 nitrogen and oxygen atoms in total. The zero-order valence-corrected chi connectivity index (χ0v) is 18.5. The van der Waals surface area contributed by atoms with E-state index in [-0.39, 0.29) is 30.1 Å². The second-order valence-corrected chi connectivity index (χ2v) is 6.30. The molecule has 9 heteroatoms. The van der Waals surface area contributed by atoms with Crippen LogP contribution < -0.4 is 10.6 Å². The summed E-state index contributed by atoms with van der Waals surface area (Å²) in [5.41, 5.74) is 0. The van der Waals surface area contributed by atoms with Crippen molar-refractivity contribution >= 4 is 29.9 Å². The van der Waals surface area contributed by atoms with Gasteiger partial charge in [0.2, 0.25) is 0 Å². The Morgan fingerprint density at radius 2 is 2.08 bits per heavy atom. The second kappa shape index (κ2) is 13.3. The summed E-state index contributed by atoms with van der Waals surface area (Å²) in [5.74, 6) is 2.57. The molecule has 2 N–H and O–H groups in total. The van der Waals surface area contributed by atoms with Crippen LogP contribution >= 0.6 is 24.0 Å². The minimum absolute atomic E-state index is 0. The van der Waals surface area contributed by atoms with Crippen LogP contribution in [0.4, 0.5) is 0 Å². The van der Waals surface area contributed by atoms with Crippen LogP contribution in [0.2, 0.25) is 0 Å². The zero-order chi connectivity index (χ0) is 17.9. The van der Waals surface area contributed by atoms with Gasteiger partial charge < -0.3 is 24.7 Å².